The van der Waals surface area contributed by atoms with Crippen LogP contribution in [0.2, 0.25) is 0 Å². The van der Waals surface area contributed by atoms with Gasteiger partial charge in [-0.2, -0.15) is 5.10 Å². The van der Waals surface area contributed by atoms with Crippen molar-refractivity contribution >= 4 is 11.9 Å². The second kappa shape index (κ2) is 7.32. The summed E-state index contributed by atoms with van der Waals surface area (Å²) in [6.45, 7) is 5.54. The Hall–Kier alpha value is -2.63. The van der Waals surface area contributed by atoms with Crippen molar-refractivity contribution in [2.24, 2.45) is 0 Å². The topological polar surface area (TPSA) is 75.4 Å². The third-order valence-corrected chi connectivity index (χ3v) is 5.10. The van der Waals surface area contributed by atoms with E-state index < -0.39 is 5.97 Å². The van der Waals surface area contributed by atoms with E-state index in [2.05, 4.69) is 5.10 Å². The highest BCUT2D eigenvalue weighted by Gasteiger charge is 2.31. The fourth-order valence-electron chi connectivity index (χ4n) is 3.44. The predicted octanol–water partition coefficient (Wildman–Crippen LogP) is 2.99. The van der Waals surface area contributed by atoms with Crippen LogP contribution in [-0.2, 0) is 17.6 Å². The summed E-state index contributed by atoms with van der Waals surface area (Å²) in [5.74, 6) is -1.29. The molecule has 1 aromatic carbocycles. The summed E-state index contributed by atoms with van der Waals surface area (Å²) in [7, 11) is 0. The Bertz CT molecular complexity index is 824. The van der Waals surface area contributed by atoms with Gasteiger partial charge in [-0.1, -0.05) is 24.6 Å². The Morgan fingerprint density at radius 2 is 1.96 bits per heavy atom. The molecule has 0 saturated carbocycles. The fourth-order valence-corrected chi connectivity index (χ4v) is 3.44. The van der Waals surface area contributed by atoms with Crippen molar-refractivity contribution in [3.05, 3.63) is 46.8 Å². The zero-order valence-electron chi connectivity index (χ0n) is 15.5. The third-order valence-electron chi connectivity index (χ3n) is 5.10. The molecule has 0 fully saturated rings. The van der Waals surface area contributed by atoms with Gasteiger partial charge in [-0.25, -0.2) is 4.68 Å². The van der Waals surface area contributed by atoms with Crippen molar-refractivity contribution in [3.8, 4) is 5.69 Å². The number of nitrogens with zero attached hydrogens (tertiary/aromatic N) is 3. The second-order valence-corrected chi connectivity index (χ2v) is 6.96. The zero-order valence-corrected chi connectivity index (χ0v) is 15.5. The molecule has 0 spiro atoms. The van der Waals surface area contributed by atoms with Gasteiger partial charge in [-0.05, 0) is 51.7 Å². The molecule has 3 rings (SSSR count). The van der Waals surface area contributed by atoms with E-state index in [0.29, 0.717) is 12.1 Å². The summed E-state index contributed by atoms with van der Waals surface area (Å²) < 4.78 is 1.85. The highest BCUT2D eigenvalue weighted by atomic mass is 16.4. The molecule has 0 saturated heterocycles. The SMILES string of the molecule is CCC(C)N(CC(=O)O)C(=O)c1nn(-c2ccc(C)cc2)c2c1CCC2. The standard InChI is InChI=1S/C20H25N3O3/c1-4-14(3)22(12-18(24)25)20(26)19-16-6-5-7-17(16)23(21-19)15-10-8-13(2)9-11-15/h8-11,14H,4-7,12H2,1-3H3,(H,24,25). The number of carboxylic acids is 1. The third kappa shape index (κ3) is 3.36. The van der Waals surface area contributed by atoms with E-state index in [1.807, 2.05) is 49.7 Å². The van der Waals surface area contributed by atoms with Gasteiger partial charge in [0.25, 0.3) is 5.91 Å². The molecule has 0 bridgehead atoms. The van der Waals surface area contributed by atoms with Gasteiger partial charge in [0, 0.05) is 17.3 Å². The van der Waals surface area contributed by atoms with Crippen LogP contribution in [0.4, 0.5) is 0 Å². The van der Waals surface area contributed by atoms with E-state index in [1.54, 1.807) is 0 Å². The fraction of sp³-hybridized carbons (Fsp3) is 0.450. The van der Waals surface area contributed by atoms with E-state index in [9.17, 15) is 14.7 Å². The van der Waals surface area contributed by atoms with Crippen molar-refractivity contribution in [1.82, 2.24) is 14.7 Å². The molecular formula is C20H25N3O3. The minimum Gasteiger partial charge on any atom is -0.480 e. The lowest BCUT2D eigenvalue weighted by atomic mass is 10.1. The molecular weight excluding hydrogens is 330 g/mol. The van der Waals surface area contributed by atoms with Crippen LogP contribution >= 0.6 is 0 Å². The molecule has 6 heteroatoms. The van der Waals surface area contributed by atoms with Crippen LogP contribution in [0.3, 0.4) is 0 Å². The lowest BCUT2D eigenvalue weighted by molar-refractivity contribution is -0.138. The average molecular weight is 355 g/mol. The highest BCUT2D eigenvalue weighted by Crippen LogP contribution is 2.29. The van der Waals surface area contributed by atoms with Crippen LogP contribution < -0.4 is 0 Å². The minimum absolute atomic E-state index is 0.153. The molecule has 0 radical (unpaired) electrons. The van der Waals surface area contributed by atoms with Gasteiger partial charge in [0.15, 0.2) is 5.69 Å². The second-order valence-electron chi connectivity index (χ2n) is 6.96. The van der Waals surface area contributed by atoms with Crippen molar-refractivity contribution in [2.75, 3.05) is 6.54 Å². The number of aliphatic carboxylic acids is 1. The molecule has 1 aromatic heterocycles. The van der Waals surface area contributed by atoms with Crippen molar-refractivity contribution in [1.29, 1.82) is 0 Å². The van der Waals surface area contributed by atoms with Gasteiger partial charge in [-0.15, -0.1) is 0 Å². The number of carboxylic acid groups (broad SMARTS) is 1. The van der Waals surface area contributed by atoms with Crippen molar-refractivity contribution < 1.29 is 14.7 Å². The van der Waals surface area contributed by atoms with E-state index >= 15 is 0 Å². The van der Waals surface area contributed by atoms with Crippen LogP contribution in [0.1, 0.15) is 54.0 Å². The van der Waals surface area contributed by atoms with Gasteiger partial charge in [0.05, 0.1) is 5.69 Å². The molecule has 1 aliphatic rings. The Morgan fingerprint density at radius 1 is 1.27 bits per heavy atom. The molecule has 1 atom stereocenters. The van der Waals surface area contributed by atoms with E-state index in [4.69, 9.17) is 0 Å². The maximum atomic E-state index is 13.1. The highest BCUT2D eigenvalue weighted by molar-refractivity contribution is 5.96. The molecule has 1 heterocycles. The lowest BCUT2D eigenvalue weighted by Gasteiger charge is -2.26. The first kappa shape index (κ1) is 18.2. The number of aromatic nitrogens is 2. The van der Waals surface area contributed by atoms with Gasteiger partial charge in [0.2, 0.25) is 0 Å². The number of carbonyl (C=O) groups is 2. The molecule has 1 N–H and O–H groups in total. The molecule has 1 amide bonds. The van der Waals surface area contributed by atoms with Gasteiger partial charge < -0.3 is 10.0 Å². The summed E-state index contributed by atoms with van der Waals surface area (Å²) in [5, 5.41) is 13.8. The van der Waals surface area contributed by atoms with Gasteiger partial charge >= 0.3 is 5.97 Å². The largest absolute Gasteiger partial charge is 0.480 e. The monoisotopic (exact) mass is 355 g/mol. The molecule has 1 aliphatic carbocycles. The maximum Gasteiger partial charge on any atom is 0.323 e. The summed E-state index contributed by atoms with van der Waals surface area (Å²) in [4.78, 5) is 25.8. The summed E-state index contributed by atoms with van der Waals surface area (Å²) >= 11 is 0. The first-order valence-corrected chi connectivity index (χ1v) is 9.13. The number of aryl methyl sites for hydroxylation is 1. The first-order chi connectivity index (χ1) is 12.4. The van der Waals surface area contributed by atoms with Crippen molar-refractivity contribution in [3.63, 3.8) is 0 Å². The number of hydrogen-bond acceptors (Lipinski definition) is 3. The smallest absolute Gasteiger partial charge is 0.323 e. The quantitative estimate of drug-likeness (QED) is 0.864. The van der Waals surface area contributed by atoms with Gasteiger partial charge in [0.1, 0.15) is 6.54 Å². The number of rotatable bonds is 6. The van der Waals surface area contributed by atoms with Gasteiger partial charge in [-0.3, -0.25) is 9.59 Å². The number of carbonyl (C=O) groups excluding carboxylic acids is 1. The van der Waals surface area contributed by atoms with Crippen LogP contribution in [-0.4, -0.2) is 44.3 Å². The molecule has 138 valence electrons. The number of hydrogen-bond donors (Lipinski definition) is 1. The van der Waals surface area contributed by atoms with Crippen LogP contribution in [0.15, 0.2) is 24.3 Å². The molecule has 0 aliphatic heterocycles. The van der Waals surface area contributed by atoms with Crippen LogP contribution in [0.25, 0.3) is 5.69 Å². The normalized spacial score (nSPS) is 14.1. The predicted molar refractivity (Wildman–Crippen MR) is 98.8 cm³/mol. The summed E-state index contributed by atoms with van der Waals surface area (Å²) in [6.07, 6.45) is 3.37. The van der Waals surface area contributed by atoms with E-state index in [0.717, 1.165) is 36.2 Å². The minimum atomic E-state index is -1.01. The Kier molecular flexibility index (Phi) is 5.11. The summed E-state index contributed by atoms with van der Waals surface area (Å²) in [6, 6.07) is 7.89. The number of fused-ring (bicyclic) bond motifs is 1. The Labute approximate surface area is 153 Å². The Balaban J connectivity index is 2.02. The number of amides is 1. The molecule has 6 nitrogen and oxygen atoms in total. The lowest BCUT2D eigenvalue weighted by Crippen LogP contribution is -2.42. The van der Waals surface area contributed by atoms with Crippen LogP contribution in [0, 0.1) is 6.92 Å². The molecule has 2 aromatic rings. The Morgan fingerprint density at radius 3 is 2.58 bits per heavy atom. The van der Waals surface area contributed by atoms with E-state index in [1.165, 1.54) is 10.5 Å². The van der Waals surface area contributed by atoms with Crippen LogP contribution in [0.5, 0.6) is 0 Å². The molecule has 1 unspecified atom stereocenters. The molecule has 26 heavy (non-hydrogen) atoms. The van der Waals surface area contributed by atoms with Crippen molar-refractivity contribution in [2.45, 2.75) is 52.5 Å². The van der Waals surface area contributed by atoms with E-state index in [-0.39, 0.29) is 18.5 Å². The summed E-state index contributed by atoms with van der Waals surface area (Å²) in [5.41, 5.74) is 4.53. The first-order valence-electron chi connectivity index (χ1n) is 9.13. The number of benzene rings is 1. The average Bonchev–Trinajstić information content (AvgIpc) is 3.21. The maximum absolute atomic E-state index is 13.1. The zero-order chi connectivity index (χ0) is 18.8.